The van der Waals surface area contributed by atoms with Crippen molar-refractivity contribution in [3.05, 3.63) is 41.1 Å². The van der Waals surface area contributed by atoms with Crippen LogP contribution in [0.5, 0.6) is 0 Å². The quantitative estimate of drug-likeness (QED) is 0.520. The summed E-state index contributed by atoms with van der Waals surface area (Å²) in [6.07, 6.45) is 1.33. The van der Waals surface area contributed by atoms with Crippen LogP contribution < -0.4 is 0 Å². The second kappa shape index (κ2) is 5.31. The Bertz CT molecular complexity index is 562. The molecule has 1 aromatic rings. The first-order chi connectivity index (χ1) is 7.86. The molecule has 0 saturated carbocycles. The second-order valence-electron chi connectivity index (χ2n) is 2.95. The molecule has 5 nitrogen and oxygen atoms in total. The number of esters is 1. The van der Waals surface area contributed by atoms with E-state index in [1.807, 2.05) is 0 Å². The fourth-order valence-corrected chi connectivity index (χ4v) is 1.81. The van der Waals surface area contributed by atoms with E-state index in [2.05, 4.69) is 4.74 Å². The Kier molecular flexibility index (Phi) is 4.28. The predicted molar refractivity (Wildman–Crippen MR) is 61.3 cm³/mol. The fraction of sp³-hybridized carbons (Fsp3) is 0.100. The summed E-state index contributed by atoms with van der Waals surface area (Å²) in [5, 5.41) is -0.180. The molecule has 0 heterocycles. The maximum atomic E-state index is 11.6. The lowest BCUT2D eigenvalue weighted by atomic mass is 10.2. The van der Waals surface area contributed by atoms with Crippen LogP contribution in [0.3, 0.4) is 0 Å². The molecule has 0 bridgehead atoms. The fourth-order valence-electron chi connectivity index (χ4n) is 1.06. The Morgan fingerprint density at radius 1 is 1.41 bits per heavy atom. The van der Waals surface area contributed by atoms with E-state index in [9.17, 15) is 13.2 Å². The number of allylic oxidation sites excluding steroid dienone is 1. The molecule has 92 valence electrons. The molecule has 0 aliphatic rings. The van der Waals surface area contributed by atoms with Crippen LogP contribution in [0.2, 0.25) is 0 Å². The number of hydrogen-bond donors (Lipinski definition) is 1. The molecule has 1 rings (SSSR count). The van der Waals surface area contributed by atoms with E-state index < -0.39 is 21.0 Å². The molecule has 0 unspecified atom stereocenters. The summed E-state index contributed by atoms with van der Waals surface area (Å²) in [6.45, 7) is 1.55. The van der Waals surface area contributed by atoms with Crippen molar-refractivity contribution >= 4 is 27.7 Å². The monoisotopic (exact) mass is 276 g/mol. The van der Waals surface area contributed by atoms with Crippen LogP contribution in [0.25, 0.3) is 0 Å². The van der Waals surface area contributed by atoms with Gasteiger partial charge >= 0.3 is 5.97 Å². The summed E-state index contributed by atoms with van der Waals surface area (Å²) in [5.41, 5.74) is -0.282. The molecule has 0 radical (unpaired) electrons. The lowest BCUT2D eigenvalue weighted by Crippen LogP contribution is -2.10. The van der Waals surface area contributed by atoms with Gasteiger partial charge in [0.15, 0.2) is 5.22 Å². The molecule has 17 heavy (non-hydrogen) atoms. The Balaban J connectivity index is 3.20. The third-order valence-electron chi connectivity index (χ3n) is 1.80. The van der Waals surface area contributed by atoms with Crippen molar-refractivity contribution in [1.82, 2.24) is 0 Å². The number of ether oxygens (including phenoxy) is 1. The van der Waals surface area contributed by atoms with Gasteiger partial charge in [0.1, 0.15) is 4.90 Å². The number of halogens is 1. The van der Waals surface area contributed by atoms with E-state index in [1.54, 1.807) is 6.92 Å². The van der Waals surface area contributed by atoms with E-state index >= 15 is 0 Å². The molecule has 0 aliphatic carbocycles. The minimum Gasteiger partial charge on any atom is -0.411 e. The lowest BCUT2D eigenvalue weighted by molar-refractivity contribution is 0.0644. The normalized spacial score (nSPS) is 12.3. The zero-order chi connectivity index (χ0) is 13.1. The van der Waals surface area contributed by atoms with Crippen LogP contribution in [0.1, 0.15) is 17.3 Å². The minimum atomic E-state index is -4.48. The number of rotatable bonds is 3. The van der Waals surface area contributed by atoms with Crippen molar-refractivity contribution < 1.29 is 22.5 Å². The maximum Gasteiger partial charge on any atom is 0.345 e. The van der Waals surface area contributed by atoms with Gasteiger partial charge in [-0.15, -0.1) is 0 Å². The molecular weight excluding hydrogens is 268 g/mol. The van der Waals surface area contributed by atoms with E-state index in [1.165, 1.54) is 24.3 Å². The highest BCUT2D eigenvalue weighted by atomic mass is 35.5. The first-order valence-corrected chi connectivity index (χ1v) is 6.28. The minimum absolute atomic E-state index is 0.180. The number of hydrogen-bond acceptors (Lipinski definition) is 4. The number of benzene rings is 1. The van der Waals surface area contributed by atoms with Crippen LogP contribution in [-0.4, -0.2) is 18.9 Å². The Morgan fingerprint density at radius 3 is 2.53 bits per heavy atom. The van der Waals surface area contributed by atoms with Crippen molar-refractivity contribution in [1.29, 1.82) is 0 Å². The summed E-state index contributed by atoms with van der Waals surface area (Å²) in [6, 6.07) is 5.12. The van der Waals surface area contributed by atoms with E-state index in [0.717, 1.165) is 6.07 Å². The van der Waals surface area contributed by atoms with Gasteiger partial charge in [0.05, 0.1) is 5.56 Å². The summed E-state index contributed by atoms with van der Waals surface area (Å²) in [7, 11) is -4.48. The first-order valence-electron chi connectivity index (χ1n) is 4.46. The Hall–Kier alpha value is -1.37. The SMILES string of the molecule is C/C=C(/Cl)OC(=O)c1ccccc1S(=O)(=O)O. The van der Waals surface area contributed by atoms with Gasteiger partial charge in [-0.05, 0) is 36.7 Å². The summed E-state index contributed by atoms with van der Waals surface area (Å²) in [4.78, 5) is 11.0. The average molecular weight is 277 g/mol. The molecule has 0 aromatic heterocycles. The zero-order valence-corrected chi connectivity index (χ0v) is 10.3. The molecule has 0 saturated heterocycles. The Labute approximate surface area is 103 Å². The van der Waals surface area contributed by atoms with Crippen LogP contribution in [0, 0.1) is 0 Å². The smallest absolute Gasteiger partial charge is 0.345 e. The van der Waals surface area contributed by atoms with Crippen molar-refractivity contribution in [2.45, 2.75) is 11.8 Å². The molecular formula is C10H9ClO5S. The van der Waals surface area contributed by atoms with Crippen molar-refractivity contribution in [2.24, 2.45) is 0 Å². The highest BCUT2D eigenvalue weighted by Gasteiger charge is 2.21. The van der Waals surface area contributed by atoms with Gasteiger partial charge in [-0.3, -0.25) is 4.55 Å². The summed E-state index contributed by atoms with van der Waals surface area (Å²) < 4.78 is 35.6. The zero-order valence-electron chi connectivity index (χ0n) is 8.75. The van der Waals surface area contributed by atoms with Crippen molar-refractivity contribution in [2.75, 3.05) is 0 Å². The number of carbonyl (C=O) groups is 1. The standard InChI is InChI=1S/C10H9ClO5S/c1-2-9(11)16-10(12)7-5-3-4-6-8(7)17(13,14)15/h2-6H,1H3,(H,13,14,15)/b9-2-. The Morgan fingerprint density at radius 2 is 2.00 bits per heavy atom. The highest BCUT2D eigenvalue weighted by Crippen LogP contribution is 2.18. The summed E-state index contributed by atoms with van der Waals surface area (Å²) in [5.74, 6) is -0.957. The average Bonchev–Trinajstić information content (AvgIpc) is 2.27. The van der Waals surface area contributed by atoms with Crippen LogP contribution in [0.4, 0.5) is 0 Å². The molecule has 0 aliphatic heterocycles. The molecule has 1 aromatic carbocycles. The van der Waals surface area contributed by atoms with Crippen LogP contribution >= 0.6 is 11.6 Å². The van der Waals surface area contributed by atoms with Crippen molar-refractivity contribution in [3.8, 4) is 0 Å². The third-order valence-corrected chi connectivity index (χ3v) is 3.01. The third kappa shape index (κ3) is 3.55. The maximum absolute atomic E-state index is 11.6. The summed E-state index contributed by atoms with van der Waals surface area (Å²) >= 11 is 5.48. The molecule has 0 amide bonds. The molecule has 0 spiro atoms. The first kappa shape index (κ1) is 13.7. The molecule has 1 N–H and O–H groups in total. The van der Waals surface area contributed by atoms with Gasteiger partial charge in [-0.1, -0.05) is 12.1 Å². The van der Waals surface area contributed by atoms with Crippen molar-refractivity contribution in [3.63, 3.8) is 0 Å². The van der Waals surface area contributed by atoms with Gasteiger partial charge < -0.3 is 4.74 Å². The van der Waals surface area contributed by atoms with E-state index in [-0.39, 0.29) is 10.8 Å². The molecule has 0 atom stereocenters. The lowest BCUT2D eigenvalue weighted by Gasteiger charge is -2.05. The second-order valence-corrected chi connectivity index (χ2v) is 4.72. The van der Waals surface area contributed by atoms with Gasteiger partial charge in [0.25, 0.3) is 10.1 Å². The topological polar surface area (TPSA) is 80.7 Å². The largest absolute Gasteiger partial charge is 0.411 e. The van der Waals surface area contributed by atoms with Crippen LogP contribution in [-0.2, 0) is 14.9 Å². The van der Waals surface area contributed by atoms with Gasteiger partial charge in [0, 0.05) is 0 Å². The van der Waals surface area contributed by atoms with E-state index in [0.29, 0.717) is 0 Å². The number of carbonyl (C=O) groups excluding carboxylic acids is 1. The van der Waals surface area contributed by atoms with Gasteiger partial charge in [0.2, 0.25) is 0 Å². The van der Waals surface area contributed by atoms with E-state index in [4.69, 9.17) is 16.2 Å². The highest BCUT2D eigenvalue weighted by molar-refractivity contribution is 7.86. The van der Waals surface area contributed by atoms with Gasteiger partial charge in [-0.25, -0.2) is 4.79 Å². The van der Waals surface area contributed by atoms with Gasteiger partial charge in [-0.2, -0.15) is 8.42 Å². The molecule has 0 fully saturated rings. The predicted octanol–water partition coefficient (Wildman–Crippen LogP) is 2.19. The van der Waals surface area contributed by atoms with Crippen LogP contribution in [0.15, 0.2) is 40.5 Å². The molecule has 7 heteroatoms.